The second kappa shape index (κ2) is 10.9. The summed E-state index contributed by atoms with van der Waals surface area (Å²) in [6.07, 6.45) is -0.991. The molecule has 0 bridgehead atoms. The number of amides is 1. The van der Waals surface area contributed by atoms with Crippen LogP contribution < -0.4 is 20.8 Å². The average Bonchev–Trinajstić information content (AvgIpc) is 3.46. The Balaban J connectivity index is 1.43. The number of carbonyl (C=O) groups excluding carboxylic acids is 1. The predicted octanol–water partition coefficient (Wildman–Crippen LogP) is 4.88. The lowest BCUT2D eigenvalue weighted by molar-refractivity contribution is -0.137. The van der Waals surface area contributed by atoms with Gasteiger partial charge >= 0.3 is 6.18 Å². The Labute approximate surface area is 241 Å². The van der Waals surface area contributed by atoms with Crippen molar-refractivity contribution in [1.29, 1.82) is 0 Å². The van der Waals surface area contributed by atoms with Crippen LogP contribution in [0.5, 0.6) is 0 Å². The van der Waals surface area contributed by atoms with Crippen LogP contribution in [0.25, 0.3) is 5.70 Å². The highest BCUT2D eigenvalue weighted by atomic mass is 35.5. The number of aryl methyl sites for hydroxylation is 2. The molecule has 3 aromatic rings. The molecule has 1 aromatic heterocycles. The fourth-order valence-electron chi connectivity index (χ4n) is 4.95. The SMILES string of the molecule is Cc1ccc(NC(=O)c2cc(N3CCN(C)CC3)c(Cl)c(C(F)(F)F)c2)cc1N1C=C(c2cnn(C)c2C)N(C)N1. The quantitative estimate of drug-likeness (QED) is 0.440. The zero-order valence-electron chi connectivity index (χ0n) is 23.5. The van der Waals surface area contributed by atoms with Crippen LogP contribution in [0.2, 0.25) is 5.02 Å². The number of benzene rings is 2. The van der Waals surface area contributed by atoms with Crippen molar-refractivity contribution in [2.45, 2.75) is 20.0 Å². The Morgan fingerprint density at radius 3 is 2.37 bits per heavy atom. The number of hydrogen-bond donors (Lipinski definition) is 2. The number of rotatable bonds is 5. The third kappa shape index (κ3) is 5.72. The molecule has 0 aliphatic carbocycles. The van der Waals surface area contributed by atoms with Gasteiger partial charge < -0.3 is 15.1 Å². The lowest BCUT2D eigenvalue weighted by Crippen LogP contribution is -2.44. The zero-order valence-corrected chi connectivity index (χ0v) is 24.2. The molecule has 1 fully saturated rings. The molecule has 5 rings (SSSR count). The number of hydrogen-bond acceptors (Lipinski definition) is 7. The molecule has 2 aromatic carbocycles. The summed E-state index contributed by atoms with van der Waals surface area (Å²) in [5, 5.41) is 10.4. The van der Waals surface area contributed by atoms with E-state index < -0.39 is 22.7 Å². The van der Waals surface area contributed by atoms with E-state index in [0.29, 0.717) is 31.9 Å². The van der Waals surface area contributed by atoms with E-state index in [1.165, 1.54) is 6.07 Å². The third-order valence-corrected chi connectivity index (χ3v) is 7.97. The van der Waals surface area contributed by atoms with Crippen LogP contribution >= 0.6 is 11.6 Å². The first-order valence-corrected chi connectivity index (χ1v) is 13.5. The molecule has 9 nitrogen and oxygen atoms in total. The standard InChI is InChI=1S/C28H32ClF3N8O/c1-17-6-7-20(14-23(17)40-16-25(38(5)35-40)21-15-33-37(4)18(21)2)34-27(41)19-12-22(28(30,31)32)26(29)24(13-19)39-10-8-36(3)9-11-39/h6-7,12-16,35H,8-11H2,1-5H3,(H,34,41). The van der Waals surface area contributed by atoms with Crippen molar-refractivity contribution in [1.82, 2.24) is 25.2 Å². The fraction of sp³-hybridized carbons (Fsp3) is 0.357. The maximum Gasteiger partial charge on any atom is 0.417 e. The van der Waals surface area contributed by atoms with Crippen LogP contribution in [0, 0.1) is 13.8 Å². The lowest BCUT2D eigenvalue weighted by atomic mass is 10.1. The molecule has 1 amide bonds. The number of nitrogens with zero attached hydrogens (tertiary/aromatic N) is 6. The number of piperazine rings is 1. The molecule has 0 radical (unpaired) electrons. The lowest BCUT2D eigenvalue weighted by Gasteiger charge is -2.35. The first-order chi connectivity index (χ1) is 19.3. The first-order valence-electron chi connectivity index (χ1n) is 13.1. The molecule has 2 aliphatic heterocycles. The molecule has 41 heavy (non-hydrogen) atoms. The van der Waals surface area contributed by atoms with Gasteiger partial charge in [0, 0.05) is 69.0 Å². The minimum atomic E-state index is -4.71. The summed E-state index contributed by atoms with van der Waals surface area (Å²) in [5.74, 6) is -0.661. The number of carbonyl (C=O) groups is 1. The van der Waals surface area contributed by atoms with Crippen molar-refractivity contribution in [2.75, 3.05) is 55.5 Å². The maximum atomic E-state index is 13.9. The second-order valence-corrected chi connectivity index (χ2v) is 10.8. The van der Waals surface area contributed by atoms with Crippen molar-refractivity contribution in [3.05, 3.63) is 75.7 Å². The average molecular weight is 589 g/mol. The second-order valence-electron chi connectivity index (χ2n) is 10.4. The summed E-state index contributed by atoms with van der Waals surface area (Å²) in [6.45, 7) is 6.28. The molecule has 3 heterocycles. The Kier molecular flexibility index (Phi) is 7.66. The largest absolute Gasteiger partial charge is 0.417 e. The Hall–Kier alpha value is -3.74. The highest BCUT2D eigenvalue weighted by Gasteiger charge is 2.36. The molecule has 13 heteroatoms. The van der Waals surface area contributed by atoms with E-state index in [2.05, 4.69) is 20.9 Å². The number of aromatic nitrogens is 2. The molecule has 2 aliphatic rings. The van der Waals surface area contributed by atoms with E-state index >= 15 is 0 Å². The van der Waals surface area contributed by atoms with E-state index in [-0.39, 0.29) is 11.3 Å². The predicted molar refractivity (Wildman–Crippen MR) is 155 cm³/mol. The minimum absolute atomic E-state index is 0.119. The number of hydrazine groups is 2. The van der Waals surface area contributed by atoms with E-state index in [4.69, 9.17) is 11.6 Å². The summed E-state index contributed by atoms with van der Waals surface area (Å²) < 4.78 is 43.6. The number of halogens is 4. The van der Waals surface area contributed by atoms with Gasteiger partial charge in [0.25, 0.3) is 5.91 Å². The van der Waals surface area contributed by atoms with Gasteiger partial charge in [-0.15, -0.1) is 5.53 Å². The maximum absolute atomic E-state index is 13.9. The van der Waals surface area contributed by atoms with Crippen LogP contribution in [0.15, 0.2) is 42.7 Å². The van der Waals surface area contributed by atoms with E-state index in [1.54, 1.807) is 27.9 Å². The van der Waals surface area contributed by atoms with Gasteiger partial charge in [0.05, 0.1) is 33.9 Å². The molecule has 218 valence electrons. The highest BCUT2D eigenvalue weighted by Crippen LogP contribution is 2.41. The molecule has 1 saturated heterocycles. The van der Waals surface area contributed by atoms with Crippen LogP contribution in [0.1, 0.15) is 32.7 Å². The summed E-state index contributed by atoms with van der Waals surface area (Å²) in [4.78, 5) is 17.2. The molecule has 2 N–H and O–H groups in total. The van der Waals surface area contributed by atoms with Gasteiger partial charge in [0.1, 0.15) is 0 Å². The highest BCUT2D eigenvalue weighted by molar-refractivity contribution is 6.34. The van der Waals surface area contributed by atoms with Crippen LogP contribution in [-0.2, 0) is 13.2 Å². The summed E-state index contributed by atoms with van der Waals surface area (Å²) in [7, 11) is 5.71. The minimum Gasteiger partial charge on any atom is -0.368 e. The van der Waals surface area contributed by atoms with Crippen LogP contribution in [0.4, 0.5) is 30.2 Å². The van der Waals surface area contributed by atoms with Gasteiger partial charge in [0.2, 0.25) is 0 Å². The van der Waals surface area contributed by atoms with Crippen molar-refractivity contribution in [3.63, 3.8) is 0 Å². The Morgan fingerprint density at radius 2 is 1.73 bits per heavy atom. The van der Waals surface area contributed by atoms with E-state index in [0.717, 1.165) is 34.3 Å². The van der Waals surface area contributed by atoms with Crippen LogP contribution in [0.3, 0.4) is 0 Å². The van der Waals surface area contributed by atoms with Crippen molar-refractivity contribution >= 4 is 40.3 Å². The monoisotopic (exact) mass is 588 g/mol. The number of nitrogens with one attached hydrogen (secondary N) is 2. The van der Waals surface area contributed by atoms with Crippen LogP contribution in [-0.4, -0.2) is 65.9 Å². The normalized spacial score (nSPS) is 16.4. The first kappa shape index (κ1) is 28.8. The molecular weight excluding hydrogens is 557 g/mol. The van der Waals surface area contributed by atoms with Gasteiger partial charge in [-0.05, 0) is 50.7 Å². The Morgan fingerprint density at radius 1 is 1.02 bits per heavy atom. The van der Waals surface area contributed by atoms with Crippen molar-refractivity contribution in [2.24, 2.45) is 7.05 Å². The number of anilines is 3. The molecular formula is C28H32ClF3N8O. The van der Waals surface area contributed by atoms with E-state index in [1.807, 2.05) is 57.3 Å². The smallest absolute Gasteiger partial charge is 0.368 e. The third-order valence-electron chi connectivity index (χ3n) is 7.57. The Bertz CT molecular complexity index is 1510. The topological polar surface area (TPSA) is 71.9 Å². The van der Waals surface area contributed by atoms with Crippen molar-refractivity contribution in [3.8, 4) is 0 Å². The molecule has 0 spiro atoms. The summed E-state index contributed by atoms with van der Waals surface area (Å²) >= 11 is 6.26. The molecule has 0 atom stereocenters. The molecule has 0 saturated carbocycles. The van der Waals surface area contributed by atoms with Crippen molar-refractivity contribution < 1.29 is 18.0 Å². The summed E-state index contributed by atoms with van der Waals surface area (Å²) in [5.41, 5.74) is 7.31. The summed E-state index contributed by atoms with van der Waals surface area (Å²) in [6, 6.07) is 7.58. The zero-order chi connectivity index (χ0) is 29.6. The van der Waals surface area contributed by atoms with E-state index in [9.17, 15) is 18.0 Å². The van der Waals surface area contributed by atoms with Gasteiger partial charge in [-0.1, -0.05) is 17.7 Å². The van der Waals surface area contributed by atoms with Gasteiger partial charge in [-0.3, -0.25) is 19.5 Å². The van der Waals surface area contributed by atoms with Gasteiger partial charge in [0.15, 0.2) is 0 Å². The van der Waals surface area contributed by atoms with Gasteiger partial charge in [-0.2, -0.15) is 18.3 Å². The number of alkyl halides is 3. The fourth-order valence-corrected chi connectivity index (χ4v) is 5.29. The number of likely N-dealkylation sites (N-methyl/N-ethyl adjacent to an activating group) is 1. The molecule has 0 unspecified atom stereocenters. The van der Waals surface area contributed by atoms with Gasteiger partial charge in [-0.25, -0.2) is 0 Å².